The SMILES string of the molecule is CC1(C)CC(c2ccc(Cl)cc2)=C(C=O)CO1. The smallest absolute Gasteiger partial charge is 0.148 e. The van der Waals surface area contributed by atoms with Crippen LogP contribution in [0.4, 0.5) is 0 Å². The Morgan fingerprint density at radius 2 is 1.94 bits per heavy atom. The minimum atomic E-state index is -0.221. The number of carbonyl (C=O) groups is 1. The van der Waals surface area contributed by atoms with Crippen LogP contribution in [-0.2, 0) is 9.53 Å². The normalized spacial score (nSPS) is 19.2. The van der Waals surface area contributed by atoms with Gasteiger partial charge in [-0.25, -0.2) is 0 Å². The van der Waals surface area contributed by atoms with E-state index >= 15 is 0 Å². The lowest BCUT2D eigenvalue weighted by atomic mass is 9.88. The highest BCUT2D eigenvalue weighted by Crippen LogP contribution is 2.34. The summed E-state index contributed by atoms with van der Waals surface area (Å²) < 4.78 is 5.63. The Morgan fingerprint density at radius 3 is 2.53 bits per heavy atom. The fraction of sp³-hybridized carbons (Fsp3) is 0.357. The summed E-state index contributed by atoms with van der Waals surface area (Å²) in [6.07, 6.45) is 1.63. The Balaban J connectivity index is 2.42. The van der Waals surface area contributed by atoms with Crippen LogP contribution in [0.5, 0.6) is 0 Å². The van der Waals surface area contributed by atoms with Gasteiger partial charge in [0.05, 0.1) is 12.2 Å². The molecule has 0 aromatic heterocycles. The maximum atomic E-state index is 11.1. The first kappa shape index (κ1) is 12.3. The van der Waals surface area contributed by atoms with Crippen molar-refractivity contribution in [3.05, 3.63) is 40.4 Å². The van der Waals surface area contributed by atoms with E-state index in [4.69, 9.17) is 16.3 Å². The lowest BCUT2D eigenvalue weighted by molar-refractivity contribution is -0.106. The first-order valence-corrected chi connectivity index (χ1v) is 5.97. The van der Waals surface area contributed by atoms with Crippen molar-refractivity contribution in [2.75, 3.05) is 6.61 Å². The largest absolute Gasteiger partial charge is 0.370 e. The maximum absolute atomic E-state index is 11.1. The molecule has 0 bridgehead atoms. The maximum Gasteiger partial charge on any atom is 0.148 e. The number of hydrogen-bond donors (Lipinski definition) is 0. The third-order valence-electron chi connectivity index (χ3n) is 2.94. The van der Waals surface area contributed by atoms with Crippen molar-refractivity contribution in [3.63, 3.8) is 0 Å². The molecule has 3 heteroatoms. The van der Waals surface area contributed by atoms with Gasteiger partial charge in [-0.2, -0.15) is 0 Å². The van der Waals surface area contributed by atoms with Gasteiger partial charge in [-0.05, 0) is 37.1 Å². The second kappa shape index (κ2) is 4.63. The Kier molecular flexibility index (Phi) is 3.36. The van der Waals surface area contributed by atoms with Crippen molar-refractivity contribution in [1.29, 1.82) is 0 Å². The van der Waals surface area contributed by atoms with Crippen molar-refractivity contribution in [2.45, 2.75) is 25.9 Å². The van der Waals surface area contributed by atoms with Crippen molar-refractivity contribution >= 4 is 23.5 Å². The van der Waals surface area contributed by atoms with Gasteiger partial charge in [0.1, 0.15) is 6.29 Å². The highest BCUT2D eigenvalue weighted by molar-refractivity contribution is 6.30. The van der Waals surface area contributed by atoms with Gasteiger partial charge in [-0.15, -0.1) is 0 Å². The first-order chi connectivity index (χ1) is 8.02. The van der Waals surface area contributed by atoms with Gasteiger partial charge in [0.25, 0.3) is 0 Å². The number of ether oxygens (including phenoxy) is 1. The number of aldehydes is 1. The molecule has 0 radical (unpaired) electrons. The Bertz CT molecular complexity index is 458. The van der Waals surface area contributed by atoms with Crippen LogP contribution in [0.1, 0.15) is 25.8 Å². The molecule has 1 aromatic carbocycles. The van der Waals surface area contributed by atoms with Gasteiger partial charge in [-0.1, -0.05) is 23.7 Å². The summed E-state index contributed by atoms with van der Waals surface area (Å²) in [6, 6.07) is 7.58. The molecule has 0 saturated heterocycles. The topological polar surface area (TPSA) is 26.3 Å². The van der Waals surface area contributed by atoms with Crippen LogP contribution in [0.25, 0.3) is 5.57 Å². The standard InChI is InChI=1S/C14H15ClO2/c1-14(2)7-13(11(8-16)9-17-14)10-3-5-12(15)6-4-10/h3-6,8H,7,9H2,1-2H3. The average molecular weight is 251 g/mol. The van der Waals surface area contributed by atoms with Crippen LogP contribution in [0, 0.1) is 0 Å². The van der Waals surface area contributed by atoms with Gasteiger partial charge in [0, 0.05) is 17.0 Å². The molecular weight excluding hydrogens is 236 g/mol. The Morgan fingerprint density at radius 1 is 1.29 bits per heavy atom. The molecule has 0 atom stereocenters. The monoisotopic (exact) mass is 250 g/mol. The van der Waals surface area contributed by atoms with Crippen LogP contribution in [-0.4, -0.2) is 18.5 Å². The van der Waals surface area contributed by atoms with E-state index in [1.165, 1.54) is 0 Å². The number of benzene rings is 1. The molecule has 17 heavy (non-hydrogen) atoms. The summed E-state index contributed by atoms with van der Waals surface area (Å²) in [4.78, 5) is 11.1. The van der Waals surface area contributed by atoms with Crippen molar-refractivity contribution in [1.82, 2.24) is 0 Å². The van der Waals surface area contributed by atoms with Gasteiger partial charge in [0.2, 0.25) is 0 Å². The van der Waals surface area contributed by atoms with Crippen LogP contribution in [0.15, 0.2) is 29.8 Å². The summed E-state index contributed by atoms with van der Waals surface area (Å²) in [7, 11) is 0. The van der Waals surface area contributed by atoms with Crippen LogP contribution in [0.2, 0.25) is 5.02 Å². The molecule has 2 nitrogen and oxygen atoms in total. The number of carbonyl (C=O) groups excluding carboxylic acids is 1. The molecule has 1 aliphatic heterocycles. The van der Waals surface area contributed by atoms with Gasteiger partial charge in [-0.3, -0.25) is 4.79 Å². The van der Waals surface area contributed by atoms with Gasteiger partial charge >= 0.3 is 0 Å². The quantitative estimate of drug-likeness (QED) is 0.751. The summed E-state index contributed by atoms with van der Waals surface area (Å²) in [6.45, 7) is 4.45. The van der Waals surface area contributed by atoms with Crippen molar-refractivity contribution < 1.29 is 9.53 Å². The predicted octanol–water partition coefficient (Wildman–Crippen LogP) is 3.49. The fourth-order valence-corrected chi connectivity index (χ4v) is 2.12. The molecule has 2 rings (SSSR count). The van der Waals surface area contributed by atoms with Gasteiger partial charge < -0.3 is 4.74 Å². The zero-order valence-electron chi connectivity index (χ0n) is 10.00. The molecule has 1 aromatic rings. The molecule has 0 N–H and O–H groups in total. The number of hydrogen-bond acceptors (Lipinski definition) is 2. The minimum Gasteiger partial charge on any atom is -0.370 e. The number of halogens is 1. The Hall–Kier alpha value is -1.12. The third-order valence-corrected chi connectivity index (χ3v) is 3.20. The molecule has 0 amide bonds. The molecular formula is C14H15ClO2. The van der Waals surface area contributed by atoms with E-state index in [1.54, 1.807) is 0 Å². The van der Waals surface area contributed by atoms with Gasteiger partial charge in [0.15, 0.2) is 0 Å². The van der Waals surface area contributed by atoms with E-state index in [1.807, 2.05) is 38.1 Å². The lowest BCUT2D eigenvalue weighted by Crippen LogP contribution is -2.30. The van der Waals surface area contributed by atoms with Crippen LogP contribution < -0.4 is 0 Å². The third kappa shape index (κ3) is 2.76. The second-order valence-corrected chi connectivity index (χ2v) is 5.29. The molecule has 1 aliphatic rings. The molecule has 0 aliphatic carbocycles. The summed E-state index contributed by atoms with van der Waals surface area (Å²) in [5, 5.41) is 0.702. The molecule has 0 saturated carbocycles. The van der Waals surface area contributed by atoms with E-state index in [9.17, 15) is 4.79 Å². The predicted molar refractivity (Wildman–Crippen MR) is 69.1 cm³/mol. The summed E-state index contributed by atoms with van der Waals surface area (Å²) in [5.41, 5.74) is 2.62. The zero-order chi connectivity index (χ0) is 12.5. The van der Waals surface area contributed by atoms with E-state index < -0.39 is 0 Å². The highest BCUT2D eigenvalue weighted by atomic mass is 35.5. The molecule has 1 heterocycles. The lowest BCUT2D eigenvalue weighted by Gasteiger charge is -2.32. The highest BCUT2D eigenvalue weighted by Gasteiger charge is 2.28. The van der Waals surface area contributed by atoms with Crippen LogP contribution in [0.3, 0.4) is 0 Å². The molecule has 0 unspecified atom stereocenters. The van der Waals surface area contributed by atoms with E-state index in [2.05, 4.69) is 0 Å². The molecule has 0 fully saturated rings. The van der Waals surface area contributed by atoms with E-state index in [-0.39, 0.29) is 5.60 Å². The summed E-state index contributed by atoms with van der Waals surface area (Å²) >= 11 is 5.87. The number of rotatable bonds is 2. The van der Waals surface area contributed by atoms with E-state index in [0.717, 1.165) is 29.4 Å². The van der Waals surface area contributed by atoms with Crippen molar-refractivity contribution in [3.8, 4) is 0 Å². The minimum absolute atomic E-state index is 0.221. The summed E-state index contributed by atoms with van der Waals surface area (Å²) in [5.74, 6) is 0. The Labute approximate surface area is 106 Å². The average Bonchev–Trinajstić information content (AvgIpc) is 2.29. The van der Waals surface area contributed by atoms with Crippen LogP contribution >= 0.6 is 11.6 Å². The molecule has 90 valence electrons. The fourth-order valence-electron chi connectivity index (χ4n) is 1.99. The second-order valence-electron chi connectivity index (χ2n) is 4.85. The first-order valence-electron chi connectivity index (χ1n) is 5.59. The van der Waals surface area contributed by atoms with Crippen molar-refractivity contribution in [2.24, 2.45) is 0 Å². The zero-order valence-corrected chi connectivity index (χ0v) is 10.8. The molecule has 0 spiro atoms. The van der Waals surface area contributed by atoms with E-state index in [0.29, 0.717) is 11.6 Å².